The summed E-state index contributed by atoms with van der Waals surface area (Å²) >= 11 is 11.4. The summed E-state index contributed by atoms with van der Waals surface area (Å²) in [6.07, 6.45) is 0. The average molecular weight is 306 g/mol. The third-order valence-corrected chi connectivity index (χ3v) is 2.97. The predicted molar refractivity (Wildman–Crippen MR) is 76.9 cm³/mol. The third kappa shape index (κ3) is 4.18. The Balaban J connectivity index is 3.06. The Kier molecular flexibility index (Phi) is 6.81. The number of benzene rings is 1. The van der Waals surface area contributed by atoms with Gasteiger partial charge in [0.2, 0.25) is 0 Å². The van der Waals surface area contributed by atoms with Gasteiger partial charge >= 0.3 is 0 Å². The van der Waals surface area contributed by atoms with E-state index in [2.05, 4.69) is 0 Å². The first-order valence-electron chi connectivity index (χ1n) is 5.81. The SMILES string of the molecule is COc1ccc(OC)c(C(=O)N(CCCl)CCCl)c1. The van der Waals surface area contributed by atoms with E-state index >= 15 is 0 Å². The van der Waals surface area contributed by atoms with E-state index < -0.39 is 0 Å². The van der Waals surface area contributed by atoms with Crippen LogP contribution in [0.4, 0.5) is 0 Å². The van der Waals surface area contributed by atoms with E-state index in [0.717, 1.165) is 0 Å². The van der Waals surface area contributed by atoms with E-state index in [9.17, 15) is 4.79 Å². The van der Waals surface area contributed by atoms with Gasteiger partial charge in [-0.05, 0) is 18.2 Å². The van der Waals surface area contributed by atoms with Crippen LogP contribution in [0.1, 0.15) is 10.4 Å². The van der Waals surface area contributed by atoms with Crippen molar-refractivity contribution in [2.24, 2.45) is 0 Å². The van der Waals surface area contributed by atoms with Crippen molar-refractivity contribution in [2.45, 2.75) is 0 Å². The summed E-state index contributed by atoms with van der Waals surface area (Å²) in [6, 6.07) is 5.09. The van der Waals surface area contributed by atoms with E-state index in [0.29, 0.717) is 41.9 Å². The lowest BCUT2D eigenvalue weighted by Gasteiger charge is -2.22. The quantitative estimate of drug-likeness (QED) is 0.727. The molecule has 0 saturated heterocycles. The summed E-state index contributed by atoms with van der Waals surface area (Å²) < 4.78 is 10.3. The van der Waals surface area contributed by atoms with E-state index in [-0.39, 0.29) is 5.91 Å². The van der Waals surface area contributed by atoms with Crippen LogP contribution in [0, 0.1) is 0 Å². The Morgan fingerprint density at radius 3 is 2.26 bits per heavy atom. The summed E-state index contributed by atoms with van der Waals surface area (Å²) in [5, 5.41) is 0. The van der Waals surface area contributed by atoms with Crippen LogP contribution in [0.15, 0.2) is 18.2 Å². The van der Waals surface area contributed by atoms with Crippen molar-refractivity contribution in [3.05, 3.63) is 23.8 Å². The first kappa shape index (κ1) is 15.9. The third-order valence-electron chi connectivity index (χ3n) is 2.63. The number of rotatable bonds is 7. The number of amides is 1. The predicted octanol–water partition coefficient (Wildman–Crippen LogP) is 2.62. The number of nitrogens with zero attached hydrogens (tertiary/aromatic N) is 1. The summed E-state index contributed by atoms with van der Waals surface area (Å²) in [7, 11) is 3.07. The summed E-state index contributed by atoms with van der Waals surface area (Å²) in [5.41, 5.74) is 0.442. The number of carbonyl (C=O) groups is 1. The van der Waals surface area contributed by atoms with Crippen molar-refractivity contribution in [2.75, 3.05) is 39.1 Å². The normalized spacial score (nSPS) is 10.1. The van der Waals surface area contributed by atoms with Gasteiger partial charge in [0, 0.05) is 24.8 Å². The van der Waals surface area contributed by atoms with Gasteiger partial charge in [-0.25, -0.2) is 0 Å². The van der Waals surface area contributed by atoms with Crippen LogP contribution in [0.25, 0.3) is 0 Å². The van der Waals surface area contributed by atoms with Gasteiger partial charge in [0.1, 0.15) is 11.5 Å². The van der Waals surface area contributed by atoms with Gasteiger partial charge in [-0.1, -0.05) is 0 Å². The highest BCUT2D eigenvalue weighted by Gasteiger charge is 2.19. The van der Waals surface area contributed by atoms with Crippen molar-refractivity contribution in [3.63, 3.8) is 0 Å². The molecular weight excluding hydrogens is 289 g/mol. The zero-order valence-corrected chi connectivity index (χ0v) is 12.5. The van der Waals surface area contributed by atoms with Crippen LogP contribution >= 0.6 is 23.2 Å². The van der Waals surface area contributed by atoms with Crippen LogP contribution in [-0.4, -0.2) is 49.9 Å². The fraction of sp³-hybridized carbons (Fsp3) is 0.462. The molecule has 0 aromatic heterocycles. The van der Waals surface area contributed by atoms with Gasteiger partial charge in [0.25, 0.3) is 5.91 Å². The zero-order chi connectivity index (χ0) is 14.3. The summed E-state index contributed by atoms with van der Waals surface area (Å²) in [6.45, 7) is 0.876. The van der Waals surface area contributed by atoms with Crippen molar-refractivity contribution in [1.29, 1.82) is 0 Å². The molecule has 0 spiro atoms. The standard InChI is InChI=1S/C13H17Cl2NO3/c1-18-10-3-4-12(19-2)11(9-10)13(17)16(7-5-14)8-6-15/h3-4,9H,5-8H2,1-2H3. The second kappa shape index (κ2) is 8.12. The molecular formula is C13H17Cl2NO3. The number of hydrogen-bond donors (Lipinski definition) is 0. The minimum atomic E-state index is -0.169. The summed E-state index contributed by atoms with van der Waals surface area (Å²) in [4.78, 5) is 14.0. The second-order valence-electron chi connectivity index (χ2n) is 3.74. The zero-order valence-electron chi connectivity index (χ0n) is 11.0. The molecule has 4 nitrogen and oxygen atoms in total. The van der Waals surface area contributed by atoms with Gasteiger partial charge in [-0.2, -0.15) is 0 Å². The van der Waals surface area contributed by atoms with Gasteiger partial charge in [-0.3, -0.25) is 4.79 Å². The molecule has 0 heterocycles. The number of halogens is 2. The smallest absolute Gasteiger partial charge is 0.257 e. The lowest BCUT2D eigenvalue weighted by atomic mass is 10.1. The van der Waals surface area contributed by atoms with Gasteiger partial charge in [-0.15, -0.1) is 23.2 Å². The first-order valence-corrected chi connectivity index (χ1v) is 6.88. The van der Waals surface area contributed by atoms with Crippen LogP contribution < -0.4 is 9.47 Å². The molecule has 0 aliphatic heterocycles. The maximum atomic E-state index is 12.4. The number of hydrogen-bond acceptors (Lipinski definition) is 3. The fourth-order valence-corrected chi connectivity index (χ4v) is 2.08. The molecule has 1 aromatic rings. The van der Waals surface area contributed by atoms with Crippen LogP contribution in [0.3, 0.4) is 0 Å². The minimum Gasteiger partial charge on any atom is -0.497 e. The number of methoxy groups -OCH3 is 2. The van der Waals surface area contributed by atoms with Crippen molar-refractivity contribution < 1.29 is 14.3 Å². The molecule has 0 saturated carbocycles. The molecule has 0 bridgehead atoms. The average Bonchev–Trinajstić information content (AvgIpc) is 2.45. The lowest BCUT2D eigenvalue weighted by Crippen LogP contribution is -2.34. The van der Waals surface area contributed by atoms with Gasteiger partial charge in [0.05, 0.1) is 19.8 Å². The summed E-state index contributed by atoms with van der Waals surface area (Å²) in [5.74, 6) is 1.64. The maximum absolute atomic E-state index is 12.4. The maximum Gasteiger partial charge on any atom is 0.257 e. The molecule has 0 aliphatic carbocycles. The Morgan fingerprint density at radius 2 is 1.79 bits per heavy atom. The number of alkyl halides is 2. The van der Waals surface area contributed by atoms with Crippen LogP contribution in [-0.2, 0) is 0 Å². The highest BCUT2D eigenvalue weighted by molar-refractivity contribution is 6.18. The highest BCUT2D eigenvalue weighted by atomic mass is 35.5. The van der Waals surface area contributed by atoms with E-state index in [1.54, 1.807) is 30.2 Å². The van der Waals surface area contributed by atoms with E-state index in [4.69, 9.17) is 32.7 Å². The van der Waals surface area contributed by atoms with Gasteiger partial charge < -0.3 is 14.4 Å². The molecule has 1 amide bonds. The second-order valence-corrected chi connectivity index (χ2v) is 4.49. The number of carbonyl (C=O) groups excluding carboxylic acids is 1. The van der Waals surface area contributed by atoms with E-state index in [1.807, 2.05) is 0 Å². The Hall–Kier alpha value is -1.13. The van der Waals surface area contributed by atoms with Crippen molar-refractivity contribution >= 4 is 29.1 Å². The molecule has 0 unspecified atom stereocenters. The number of ether oxygens (including phenoxy) is 2. The highest BCUT2D eigenvalue weighted by Crippen LogP contribution is 2.25. The molecule has 0 aliphatic rings. The van der Waals surface area contributed by atoms with Crippen LogP contribution in [0.2, 0.25) is 0 Å². The molecule has 0 N–H and O–H groups in total. The Bertz CT molecular complexity index is 420. The topological polar surface area (TPSA) is 38.8 Å². The van der Waals surface area contributed by atoms with E-state index in [1.165, 1.54) is 7.11 Å². The minimum absolute atomic E-state index is 0.169. The molecule has 19 heavy (non-hydrogen) atoms. The molecule has 1 aromatic carbocycles. The molecule has 106 valence electrons. The molecule has 0 atom stereocenters. The van der Waals surface area contributed by atoms with Crippen molar-refractivity contribution in [3.8, 4) is 11.5 Å². The van der Waals surface area contributed by atoms with Crippen LogP contribution in [0.5, 0.6) is 11.5 Å². The van der Waals surface area contributed by atoms with Crippen molar-refractivity contribution in [1.82, 2.24) is 4.90 Å². The molecule has 6 heteroatoms. The van der Waals surface area contributed by atoms with Gasteiger partial charge in [0.15, 0.2) is 0 Å². The first-order chi connectivity index (χ1) is 9.17. The fourth-order valence-electron chi connectivity index (χ4n) is 1.67. The largest absolute Gasteiger partial charge is 0.497 e. The molecule has 0 fully saturated rings. The Morgan fingerprint density at radius 1 is 1.16 bits per heavy atom. The molecule has 0 radical (unpaired) electrons. The Labute approximate surface area is 123 Å². The monoisotopic (exact) mass is 305 g/mol. The lowest BCUT2D eigenvalue weighted by molar-refractivity contribution is 0.0771. The molecule has 1 rings (SSSR count).